The predicted octanol–water partition coefficient (Wildman–Crippen LogP) is 1.85. The van der Waals surface area contributed by atoms with Crippen molar-refractivity contribution in [2.24, 2.45) is 0 Å². The number of pyridine rings is 1. The van der Waals surface area contributed by atoms with Crippen LogP contribution in [0.15, 0.2) is 48.8 Å². The number of hydrogen-bond donors (Lipinski definition) is 0. The number of carbonyl (C=O) groups excluding carboxylic acids is 2. The van der Waals surface area contributed by atoms with Crippen LogP contribution in [0.2, 0.25) is 0 Å². The summed E-state index contributed by atoms with van der Waals surface area (Å²) in [6, 6.07) is 10.9. The zero-order valence-electron chi connectivity index (χ0n) is 10.2. The van der Waals surface area contributed by atoms with Crippen LogP contribution in [0.3, 0.4) is 0 Å². The normalized spacial score (nSPS) is 13.8. The van der Waals surface area contributed by atoms with Gasteiger partial charge in [-0.3, -0.25) is 14.6 Å². The highest BCUT2D eigenvalue weighted by molar-refractivity contribution is 6.52. The molecule has 94 valence electrons. The number of fused-ring (bicyclic) bond motifs is 1. The van der Waals surface area contributed by atoms with Gasteiger partial charge in [-0.05, 0) is 30.2 Å². The number of rotatable bonds is 3. The second-order valence-corrected chi connectivity index (χ2v) is 4.41. The molecule has 1 aromatic carbocycles. The monoisotopic (exact) mass is 252 g/mol. The van der Waals surface area contributed by atoms with Gasteiger partial charge in [0, 0.05) is 18.9 Å². The Morgan fingerprint density at radius 2 is 1.89 bits per heavy atom. The van der Waals surface area contributed by atoms with Gasteiger partial charge < -0.3 is 4.90 Å². The first-order chi connectivity index (χ1) is 9.27. The maximum atomic E-state index is 11.9. The maximum absolute atomic E-state index is 11.9. The lowest BCUT2D eigenvalue weighted by atomic mass is 10.1. The van der Waals surface area contributed by atoms with Crippen LogP contribution in [0.4, 0.5) is 5.69 Å². The van der Waals surface area contributed by atoms with Gasteiger partial charge in [0.25, 0.3) is 11.7 Å². The van der Waals surface area contributed by atoms with Gasteiger partial charge in [-0.2, -0.15) is 0 Å². The minimum Gasteiger partial charge on any atom is -0.304 e. The number of anilines is 1. The molecule has 0 radical (unpaired) electrons. The lowest BCUT2D eigenvalue weighted by molar-refractivity contribution is -0.114. The summed E-state index contributed by atoms with van der Waals surface area (Å²) in [5, 5.41) is 0. The number of hydrogen-bond acceptors (Lipinski definition) is 3. The fourth-order valence-corrected chi connectivity index (χ4v) is 2.26. The summed E-state index contributed by atoms with van der Waals surface area (Å²) in [5.41, 5.74) is 2.26. The van der Waals surface area contributed by atoms with Gasteiger partial charge in [-0.1, -0.05) is 18.2 Å². The third-order valence-corrected chi connectivity index (χ3v) is 3.23. The van der Waals surface area contributed by atoms with Crippen molar-refractivity contribution in [2.75, 3.05) is 11.4 Å². The Morgan fingerprint density at radius 1 is 1.05 bits per heavy atom. The van der Waals surface area contributed by atoms with Gasteiger partial charge >= 0.3 is 0 Å². The second-order valence-electron chi connectivity index (χ2n) is 4.41. The average molecular weight is 252 g/mol. The Hall–Kier alpha value is -2.49. The first-order valence-electron chi connectivity index (χ1n) is 6.11. The fourth-order valence-electron chi connectivity index (χ4n) is 2.26. The fraction of sp³-hybridized carbons (Fsp3) is 0.133. The minimum atomic E-state index is -0.440. The molecule has 0 N–H and O–H groups in total. The van der Waals surface area contributed by atoms with E-state index in [-0.39, 0.29) is 0 Å². The van der Waals surface area contributed by atoms with Crippen molar-refractivity contribution >= 4 is 17.4 Å². The highest BCUT2D eigenvalue weighted by atomic mass is 16.2. The Morgan fingerprint density at radius 3 is 2.68 bits per heavy atom. The molecule has 0 saturated carbocycles. The highest BCUT2D eigenvalue weighted by Crippen LogP contribution is 2.28. The van der Waals surface area contributed by atoms with Gasteiger partial charge in [0.2, 0.25) is 0 Å². The third kappa shape index (κ3) is 2.01. The molecule has 2 aromatic rings. The molecule has 1 aliphatic rings. The molecule has 4 nitrogen and oxygen atoms in total. The first kappa shape index (κ1) is 11.6. The average Bonchev–Trinajstić information content (AvgIpc) is 2.71. The van der Waals surface area contributed by atoms with E-state index in [1.807, 2.05) is 18.2 Å². The molecule has 1 aromatic heterocycles. The quantitative estimate of drug-likeness (QED) is 0.783. The van der Waals surface area contributed by atoms with Crippen molar-refractivity contribution in [1.29, 1.82) is 0 Å². The van der Waals surface area contributed by atoms with Crippen molar-refractivity contribution in [2.45, 2.75) is 6.42 Å². The standard InChI is InChI=1S/C15H12N2O2/c18-14-12-5-1-2-6-13(12)17(15(14)19)9-7-11-4-3-8-16-10-11/h1-6,8,10H,7,9H2. The van der Waals surface area contributed by atoms with Crippen molar-refractivity contribution in [3.05, 3.63) is 59.9 Å². The molecule has 1 aliphatic heterocycles. The zero-order valence-corrected chi connectivity index (χ0v) is 10.2. The van der Waals surface area contributed by atoms with E-state index in [2.05, 4.69) is 4.98 Å². The zero-order chi connectivity index (χ0) is 13.2. The van der Waals surface area contributed by atoms with E-state index in [0.29, 0.717) is 24.2 Å². The Balaban J connectivity index is 1.82. The number of nitrogens with zero attached hydrogens (tertiary/aromatic N) is 2. The van der Waals surface area contributed by atoms with E-state index in [0.717, 1.165) is 5.56 Å². The van der Waals surface area contributed by atoms with Crippen LogP contribution in [0, 0.1) is 0 Å². The van der Waals surface area contributed by atoms with Gasteiger partial charge in [-0.25, -0.2) is 0 Å². The van der Waals surface area contributed by atoms with Crippen LogP contribution in [-0.4, -0.2) is 23.2 Å². The van der Waals surface area contributed by atoms with E-state index in [1.165, 1.54) is 0 Å². The molecular formula is C15H12N2O2. The summed E-state index contributed by atoms with van der Waals surface area (Å²) >= 11 is 0. The van der Waals surface area contributed by atoms with E-state index in [4.69, 9.17) is 0 Å². The second kappa shape index (κ2) is 4.65. The molecule has 0 unspecified atom stereocenters. The summed E-state index contributed by atoms with van der Waals surface area (Å²) in [5.74, 6) is -0.855. The SMILES string of the molecule is O=C1C(=O)N(CCc2cccnc2)c2ccccc21. The van der Waals surface area contributed by atoms with E-state index >= 15 is 0 Å². The van der Waals surface area contributed by atoms with Crippen molar-refractivity contribution in [3.63, 3.8) is 0 Å². The smallest absolute Gasteiger partial charge is 0.299 e. The van der Waals surface area contributed by atoms with E-state index < -0.39 is 11.7 Å². The summed E-state index contributed by atoms with van der Waals surface area (Å²) < 4.78 is 0. The summed E-state index contributed by atoms with van der Waals surface area (Å²) in [4.78, 5) is 29.3. The molecule has 3 rings (SSSR count). The predicted molar refractivity (Wildman–Crippen MR) is 71.1 cm³/mol. The molecular weight excluding hydrogens is 240 g/mol. The van der Waals surface area contributed by atoms with Crippen LogP contribution >= 0.6 is 0 Å². The van der Waals surface area contributed by atoms with Crippen molar-refractivity contribution < 1.29 is 9.59 Å². The molecule has 0 spiro atoms. The molecule has 0 aliphatic carbocycles. The summed E-state index contributed by atoms with van der Waals surface area (Å²) in [7, 11) is 0. The van der Waals surface area contributed by atoms with E-state index in [9.17, 15) is 9.59 Å². The van der Waals surface area contributed by atoms with Crippen LogP contribution in [0.1, 0.15) is 15.9 Å². The van der Waals surface area contributed by atoms with Crippen LogP contribution in [0.25, 0.3) is 0 Å². The Labute approximate surface area is 110 Å². The largest absolute Gasteiger partial charge is 0.304 e. The molecule has 1 amide bonds. The molecule has 0 fully saturated rings. The van der Waals surface area contributed by atoms with Gasteiger partial charge in [0.15, 0.2) is 0 Å². The number of carbonyl (C=O) groups is 2. The van der Waals surface area contributed by atoms with Gasteiger partial charge in [0.1, 0.15) is 0 Å². The molecule has 0 atom stereocenters. The Kier molecular flexibility index (Phi) is 2.83. The Bertz CT molecular complexity index is 638. The first-order valence-corrected chi connectivity index (χ1v) is 6.11. The number of amides is 1. The molecule has 19 heavy (non-hydrogen) atoms. The van der Waals surface area contributed by atoms with Crippen molar-refractivity contribution in [1.82, 2.24) is 4.98 Å². The highest BCUT2D eigenvalue weighted by Gasteiger charge is 2.34. The lowest BCUT2D eigenvalue weighted by Crippen LogP contribution is -2.31. The topological polar surface area (TPSA) is 50.3 Å². The van der Waals surface area contributed by atoms with Crippen LogP contribution < -0.4 is 4.90 Å². The van der Waals surface area contributed by atoms with Gasteiger partial charge in [-0.15, -0.1) is 0 Å². The number of benzene rings is 1. The van der Waals surface area contributed by atoms with Gasteiger partial charge in [0.05, 0.1) is 11.3 Å². The third-order valence-electron chi connectivity index (χ3n) is 3.23. The molecule has 4 heteroatoms. The molecule has 0 bridgehead atoms. The number of Topliss-reactive ketones (excluding diaryl/α,β-unsaturated/α-hetero) is 1. The number of ketones is 1. The van der Waals surface area contributed by atoms with Crippen LogP contribution in [0.5, 0.6) is 0 Å². The molecule has 0 saturated heterocycles. The number of aromatic nitrogens is 1. The van der Waals surface area contributed by atoms with E-state index in [1.54, 1.807) is 35.5 Å². The van der Waals surface area contributed by atoms with Crippen molar-refractivity contribution in [3.8, 4) is 0 Å². The summed E-state index contributed by atoms with van der Waals surface area (Å²) in [6.45, 7) is 0.493. The minimum absolute atomic E-state index is 0.415. The summed E-state index contributed by atoms with van der Waals surface area (Å²) in [6.07, 6.45) is 4.17. The van der Waals surface area contributed by atoms with Crippen LogP contribution in [-0.2, 0) is 11.2 Å². The lowest BCUT2D eigenvalue weighted by Gasteiger charge is -2.16. The number of para-hydroxylation sites is 1. The maximum Gasteiger partial charge on any atom is 0.299 e. The molecule has 2 heterocycles.